The smallest absolute Gasteiger partial charge is 0.0306 e. The van der Waals surface area contributed by atoms with Crippen LogP contribution in [0.1, 0.15) is 43.2 Å². The van der Waals surface area contributed by atoms with Crippen LogP contribution in [0.25, 0.3) is 0 Å². The Bertz CT molecular complexity index is 301. The largest absolute Gasteiger partial charge is 0.316 e. The van der Waals surface area contributed by atoms with Gasteiger partial charge in [0.1, 0.15) is 0 Å². The summed E-state index contributed by atoms with van der Waals surface area (Å²) in [6, 6.07) is 2.16. The van der Waals surface area contributed by atoms with Crippen molar-refractivity contribution in [3.8, 4) is 0 Å². The van der Waals surface area contributed by atoms with Crippen LogP contribution in [0.15, 0.2) is 18.5 Å². The second kappa shape index (κ2) is 4.09. The molecule has 0 spiro atoms. The fourth-order valence-electron chi connectivity index (χ4n) is 2.20. The van der Waals surface area contributed by atoms with Crippen LogP contribution in [0.5, 0.6) is 0 Å². The molecule has 0 bridgehead atoms. The van der Waals surface area contributed by atoms with Crippen molar-refractivity contribution >= 4 is 0 Å². The summed E-state index contributed by atoms with van der Waals surface area (Å²) in [5, 5.41) is 3.41. The Hall–Kier alpha value is -0.890. The molecule has 0 saturated carbocycles. The van der Waals surface area contributed by atoms with Crippen LogP contribution in [-0.2, 0) is 0 Å². The van der Waals surface area contributed by atoms with E-state index in [1.54, 1.807) is 0 Å². The lowest BCUT2D eigenvalue weighted by Crippen LogP contribution is -2.10. The van der Waals surface area contributed by atoms with Crippen LogP contribution in [0.2, 0.25) is 0 Å². The van der Waals surface area contributed by atoms with Crippen molar-refractivity contribution in [3.63, 3.8) is 0 Å². The molecule has 1 aliphatic rings. The number of nitrogens with zero attached hydrogens (tertiary/aromatic N) is 1. The lowest BCUT2D eigenvalue weighted by molar-refractivity contribution is 0.725. The maximum atomic E-state index is 4.24. The van der Waals surface area contributed by atoms with E-state index in [1.165, 1.54) is 17.5 Å². The molecule has 76 valence electrons. The Balaban J connectivity index is 2.30. The summed E-state index contributed by atoms with van der Waals surface area (Å²) in [5.41, 5.74) is 2.92. The number of hydrogen-bond donors (Lipinski definition) is 1. The van der Waals surface area contributed by atoms with E-state index in [-0.39, 0.29) is 0 Å². The number of aromatic nitrogens is 1. The highest BCUT2D eigenvalue weighted by molar-refractivity contribution is 5.30. The Labute approximate surface area is 85.7 Å². The van der Waals surface area contributed by atoms with Crippen LogP contribution in [-0.4, -0.2) is 18.1 Å². The van der Waals surface area contributed by atoms with Gasteiger partial charge in [0, 0.05) is 18.9 Å². The quantitative estimate of drug-likeness (QED) is 0.774. The fourth-order valence-corrected chi connectivity index (χ4v) is 2.20. The molecule has 0 aliphatic carbocycles. The minimum Gasteiger partial charge on any atom is -0.316 e. The summed E-state index contributed by atoms with van der Waals surface area (Å²) in [4.78, 5) is 4.24. The molecule has 1 fully saturated rings. The van der Waals surface area contributed by atoms with E-state index < -0.39 is 0 Å². The van der Waals surface area contributed by atoms with Crippen molar-refractivity contribution < 1.29 is 0 Å². The number of nitrogens with one attached hydrogen (secondary N) is 1. The number of rotatable bonds is 2. The highest BCUT2D eigenvalue weighted by Gasteiger charge is 2.20. The molecule has 1 aliphatic heterocycles. The molecule has 2 rings (SSSR count). The topological polar surface area (TPSA) is 24.9 Å². The minimum atomic E-state index is 0.605. The second-order valence-corrected chi connectivity index (χ2v) is 4.35. The molecular formula is C12H18N2. The van der Waals surface area contributed by atoms with E-state index >= 15 is 0 Å². The predicted octanol–water partition coefficient (Wildman–Crippen LogP) is 2.28. The summed E-state index contributed by atoms with van der Waals surface area (Å²) in [5.74, 6) is 1.29. The minimum absolute atomic E-state index is 0.605. The van der Waals surface area contributed by atoms with E-state index in [0.29, 0.717) is 11.8 Å². The third-order valence-corrected chi connectivity index (χ3v) is 3.01. The highest BCUT2D eigenvalue weighted by Crippen LogP contribution is 2.28. The Morgan fingerprint density at radius 3 is 3.00 bits per heavy atom. The SMILES string of the molecule is CC(C)c1ccncc1C1CCNC1. The van der Waals surface area contributed by atoms with E-state index in [0.717, 1.165) is 13.1 Å². The van der Waals surface area contributed by atoms with Crippen molar-refractivity contribution in [1.82, 2.24) is 10.3 Å². The van der Waals surface area contributed by atoms with Crippen LogP contribution in [0.3, 0.4) is 0 Å². The van der Waals surface area contributed by atoms with Gasteiger partial charge in [-0.3, -0.25) is 4.98 Å². The van der Waals surface area contributed by atoms with E-state index in [1.807, 2.05) is 12.4 Å². The monoisotopic (exact) mass is 190 g/mol. The first-order valence-electron chi connectivity index (χ1n) is 5.43. The third kappa shape index (κ3) is 1.80. The molecule has 1 N–H and O–H groups in total. The summed E-state index contributed by atoms with van der Waals surface area (Å²) in [6.07, 6.45) is 5.21. The molecule has 0 amide bonds. The van der Waals surface area contributed by atoms with Gasteiger partial charge in [-0.05, 0) is 42.0 Å². The van der Waals surface area contributed by atoms with E-state index in [9.17, 15) is 0 Å². The van der Waals surface area contributed by atoms with Crippen LogP contribution in [0, 0.1) is 0 Å². The summed E-state index contributed by atoms with van der Waals surface area (Å²) in [6.45, 7) is 6.77. The van der Waals surface area contributed by atoms with Crippen molar-refractivity contribution in [1.29, 1.82) is 0 Å². The molecule has 0 aromatic carbocycles. The Morgan fingerprint density at radius 1 is 1.50 bits per heavy atom. The van der Waals surface area contributed by atoms with E-state index in [4.69, 9.17) is 0 Å². The van der Waals surface area contributed by atoms with Crippen molar-refractivity contribution in [2.45, 2.75) is 32.1 Å². The predicted molar refractivity (Wildman–Crippen MR) is 58.6 cm³/mol. The molecule has 2 nitrogen and oxygen atoms in total. The van der Waals surface area contributed by atoms with Gasteiger partial charge in [0.2, 0.25) is 0 Å². The second-order valence-electron chi connectivity index (χ2n) is 4.35. The first-order valence-corrected chi connectivity index (χ1v) is 5.43. The summed E-state index contributed by atoms with van der Waals surface area (Å²) in [7, 11) is 0. The van der Waals surface area contributed by atoms with Crippen molar-refractivity contribution in [2.24, 2.45) is 0 Å². The molecule has 2 heteroatoms. The fraction of sp³-hybridized carbons (Fsp3) is 0.583. The zero-order valence-corrected chi connectivity index (χ0v) is 8.96. The lowest BCUT2D eigenvalue weighted by Gasteiger charge is -2.16. The van der Waals surface area contributed by atoms with E-state index in [2.05, 4.69) is 30.2 Å². The third-order valence-electron chi connectivity index (χ3n) is 3.01. The molecular weight excluding hydrogens is 172 g/mol. The van der Waals surface area contributed by atoms with Crippen LogP contribution in [0.4, 0.5) is 0 Å². The maximum Gasteiger partial charge on any atom is 0.0306 e. The first kappa shape index (κ1) is 9.66. The normalized spacial score (nSPS) is 21.8. The Morgan fingerprint density at radius 2 is 2.36 bits per heavy atom. The van der Waals surface area contributed by atoms with Gasteiger partial charge in [0.25, 0.3) is 0 Å². The van der Waals surface area contributed by atoms with Gasteiger partial charge in [-0.2, -0.15) is 0 Å². The first-order chi connectivity index (χ1) is 6.79. The molecule has 2 heterocycles. The molecule has 0 radical (unpaired) electrons. The molecule has 1 saturated heterocycles. The van der Waals surface area contributed by atoms with Gasteiger partial charge in [-0.1, -0.05) is 13.8 Å². The van der Waals surface area contributed by atoms with Gasteiger partial charge >= 0.3 is 0 Å². The number of pyridine rings is 1. The summed E-state index contributed by atoms with van der Waals surface area (Å²) < 4.78 is 0. The molecule has 14 heavy (non-hydrogen) atoms. The van der Waals surface area contributed by atoms with Gasteiger partial charge in [0.15, 0.2) is 0 Å². The average Bonchev–Trinajstić information content (AvgIpc) is 2.70. The lowest BCUT2D eigenvalue weighted by atomic mass is 9.90. The van der Waals surface area contributed by atoms with Crippen molar-refractivity contribution in [2.75, 3.05) is 13.1 Å². The molecule has 1 unspecified atom stereocenters. The zero-order valence-electron chi connectivity index (χ0n) is 8.96. The zero-order chi connectivity index (χ0) is 9.97. The van der Waals surface area contributed by atoms with Gasteiger partial charge in [-0.15, -0.1) is 0 Å². The van der Waals surface area contributed by atoms with Gasteiger partial charge in [-0.25, -0.2) is 0 Å². The average molecular weight is 190 g/mol. The molecule has 1 atom stereocenters. The highest BCUT2D eigenvalue weighted by atomic mass is 14.9. The van der Waals surface area contributed by atoms with Crippen LogP contribution >= 0.6 is 0 Å². The van der Waals surface area contributed by atoms with Gasteiger partial charge < -0.3 is 5.32 Å². The number of hydrogen-bond acceptors (Lipinski definition) is 2. The Kier molecular flexibility index (Phi) is 2.82. The maximum absolute atomic E-state index is 4.24. The molecule has 1 aromatic heterocycles. The summed E-state index contributed by atoms with van der Waals surface area (Å²) >= 11 is 0. The van der Waals surface area contributed by atoms with Crippen molar-refractivity contribution in [3.05, 3.63) is 29.6 Å². The molecule has 1 aromatic rings. The standard InChI is InChI=1S/C12H18N2/c1-9(2)11-4-6-14-8-12(11)10-3-5-13-7-10/h4,6,8-10,13H,3,5,7H2,1-2H3. The van der Waals surface area contributed by atoms with Gasteiger partial charge in [0.05, 0.1) is 0 Å². The van der Waals surface area contributed by atoms with Crippen LogP contribution < -0.4 is 5.32 Å².